The summed E-state index contributed by atoms with van der Waals surface area (Å²) in [4.78, 5) is 23.8. The number of aryl methyl sites for hydroxylation is 1. The van der Waals surface area contributed by atoms with Crippen molar-refractivity contribution in [3.8, 4) is 5.75 Å². The molecule has 0 heterocycles. The van der Waals surface area contributed by atoms with Gasteiger partial charge in [0, 0.05) is 4.47 Å². The summed E-state index contributed by atoms with van der Waals surface area (Å²) in [5.41, 5.74) is 1.33. The molecular weight excluding hydrogens is 332 g/mol. The van der Waals surface area contributed by atoms with Crippen LogP contribution in [-0.4, -0.2) is 10.9 Å². The summed E-state index contributed by atoms with van der Waals surface area (Å²) in [6, 6.07) is 11.8. The average Bonchev–Trinajstić information content (AvgIpc) is 2.60. The lowest BCUT2D eigenvalue weighted by atomic mass is 10.1. The molecule has 0 saturated heterocycles. The van der Waals surface area contributed by atoms with Crippen LogP contribution in [0, 0.1) is 6.92 Å². The van der Waals surface area contributed by atoms with Crippen molar-refractivity contribution in [1.82, 2.24) is 0 Å². The zero-order valence-corrected chi connectivity index (χ0v) is 12.9. The standard InChI is InChI=1S/C17H13BrO3/c1-11-4-2-3-5-12(11)6-8-15(19)14-10-13(18)7-9-16(20)17(14)21/h2-10H,1H3,(H,20,21). The summed E-state index contributed by atoms with van der Waals surface area (Å²) in [6.45, 7) is 1.94. The van der Waals surface area contributed by atoms with E-state index in [4.69, 9.17) is 0 Å². The second-order valence-corrected chi connectivity index (χ2v) is 5.46. The van der Waals surface area contributed by atoms with Crippen LogP contribution in [0.1, 0.15) is 21.5 Å². The van der Waals surface area contributed by atoms with Crippen LogP contribution in [0.5, 0.6) is 5.75 Å². The predicted octanol–water partition coefficient (Wildman–Crippen LogP) is 3.72. The smallest absolute Gasteiger partial charge is 0.220 e. The van der Waals surface area contributed by atoms with Crippen molar-refractivity contribution in [2.75, 3.05) is 0 Å². The molecule has 0 bridgehead atoms. The minimum Gasteiger partial charge on any atom is -0.504 e. The van der Waals surface area contributed by atoms with Crippen LogP contribution in [0.2, 0.25) is 0 Å². The summed E-state index contributed by atoms with van der Waals surface area (Å²) >= 11 is 3.21. The van der Waals surface area contributed by atoms with E-state index in [9.17, 15) is 14.7 Å². The van der Waals surface area contributed by atoms with E-state index < -0.39 is 17.0 Å². The topological polar surface area (TPSA) is 54.4 Å². The molecule has 0 atom stereocenters. The van der Waals surface area contributed by atoms with E-state index in [0.29, 0.717) is 4.47 Å². The Balaban J connectivity index is 2.41. The lowest BCUT2D eigenvalue weighted by molar-refractivity contribution is 0.104. The van der Waals surface area contributed by atoms with E-state index in [0.717, 1.165) is 11.1 Å². The first-order valence-corrected chi connectivity index (χ1v) is 7.09. The lowest BCUT2D eigenvalue weighted by Gasteiger charge is -1.99. The summed E-state index contributed by atoms with van der Waals surface area (Å²) in [5.74, 6) is -0.968. The third-order valence-electron chi connectivity index (χ3n) is 3.03. The highest BCUT2D eigenvalue weighted by atomic mass is 79.9. The fourth-order valence-electron chi connectivity index (χ4n) is 1.84. The van der Waals surface area contributed by atoms with Gasteiger partial charge in [0.2, 0.25) is 5.43 Å². The first kappa shape index (κ1) is 15.2. The minimum absolute atomic E-state index is 0.0262. The SMILES string of the molecule is Cc1ccccc1C=CC(=O)c1cc(Br)ccc(=O)c1O. The Hall–Kier alpha value is -2.20. The highest BCUT2D eigenvalue weighted by molar-refractivity contribution is 9.10. The molecule has 0 aromatic heterocycles. The fraction of sp³-hybridized carbons (Fsp3) is 0.0588. The van der Waals surface area contributed by atoms with E-state index in [2.05, 4.69) is 15.9 Å². The average molecular weight is 345 g/mol. The van der Waals surface area contributed by atoms with E-state index in [1.807, 2.05) is 31.2 Å². The molecule has 21 heavy (non-hydrogen) atoms. The van der Waals surface area contributed by atoms with Gasteiger partial charge in [-0.3, -0.25) is 9.59 Å². The first-order valence-electron chi connectivity index (χ1n) is 6.30. The zero-order chi connectivity index (χ0) is 15.4. The number of hydrogen-bond donors (Lipinski definition) is 1. The Morgan fingerprint density at radius 1 is 1.19 bits per heavy atom. The number of aromatic hydroxyl groups is 1. The number of benzene rings is 1. The van der Waals surface area contributed by atoms with Gasteiger partial charge in [-0.2, -0.15) is 0 Å². The lowest BCUT2D eigenvalue weighted by Crippen LogP contribution is -2.01. The van der Waals surface area contributed by atoms with Crippen LogP contribution in [0.4, 0.5) is 0 Å². The van der Waals surface area contributed by atoms with E-state index >= 15 is 0 Å². The molecule has 0 saturated carbocycles. The van der Waals surface area contributed by atoms with Gasteiger partial charge >= 0.3 is 0 Å². The molecule has 2 aromatic carbocycles. The normalized spacial score (nSPS) is 10.8. The quantitative estimate of drug-likeness (QED) is 0.681. The van der Waals surface area contributed by atoms with Gasteiger partial charge < -0.3 is 5.11 Å². The number of carbonyl (C=O) groups is 1. The second kappa shape index (κ2) is 6.50. The molecule has 1 N–H and O–H groups in total. The Bertz CT molecular complexity index is 779. The van der Waals surface area contributed by atoms with E-state index in [1.54, 1.807) is 6.08 Å². The summed E-state index contributed by atoms with van der Waals surface area (Å²) in [7, 11) is 0. The van der Waals surface area contributed by atoms with Gasteiger partial charge in [-0.05, 0) is 42.3 Å². The molecule has 0 aliphatic rings. The molecule has 0 aliphatic carbocycles. The summed E-state index contributed by atoms with van der Waals surface area (Å²) in [5, 5.41) is 9.82. The molecule has 0 aliphatic heterocycles. The van der Waals surface area contributed by atoms with Crippen molar-refractivity contribution < 1.29 is 9.90 Å². The third kappa shape index (κ3) is 3.67. The first-order chi connectivity index (χ1) is 9.99. The van der Waals surface area contributed by atoms with Gasteiger partial charge in [-0.15, -0.1) is 0 Å². The molecule has 4 heteroatoms. The molecular formula is C17H13BrO3. The molecule has 2 aromatic rings. The molecule has 0 amide bonds. The Morgan fingerprint density at radius 2 is 1.90 bits per heavy atom. The van der Waals surface area contributed by atoms with Gasteiger partial charge in [-0.25, -0.2) is 0 Å². The predicted molar refractivity (Wildman–Crippen MR) is 86.6 cm³/mol. The molecule has 0 spiro atoms. The Morgan fingerprint density at radius 3 is 2.62 bits per heavy atom. The van der Waals surface area contributed by atoms with Crippen molar-refractivity contribution in [1.29, 1.82) is 0 Å². The minimum atomic E-state index is -0.589. The van der Waals surface area contributed by atoms with Crippen molar-refractivity contribution in [2.24, 2.45) is 0 Å². The molecule has 0 unspecified atom stereocenters. The fourth-order valence-corrected chi connectivity index (χ4v) is 2.20. The van der Waals surface area contributed by atoms with Gasteiger partial charge in [0.25, 0.3) is 0 Å². The second-order valence-electron chi connectivity index (χ2n) is 4.54. The number of ketones is 1. The van der Waals surface area contributed by atoms with Gasteiger partial charge in [0.15, 0.2) is 11.5 Å². The van der Waals surface area contributed by atoms with E-state index in [-0.39, 0.29) is 5.56 Å². The van der Waals surface area contributed by atoms with Gasteiger partial charge in [0.05, 0.1) is 5.56 Å². The third-order valence-corrected chi connectivity index (χ3v) is 3.53. The number of carbonyl (C=O) groups excluding carboxylic acids is 1. The number of allylic oxidation sites excluding steroid dienone is 1. The number of halogens is 1. The molecule has 0 radical (unpaired) electrons. The van der Waals surface area contributed by atoms with Crippen molar-refractivity contribution in [2.45, 2.75) is 6.92 Å². The monoisotopic (exact) mass is 344 g/mol. The van der Waals surface area contributed by atoms with Crippen LogP contribution < -0.4 is 5.43 Å². The van der Waals surface area contributed by atoms with Crippen molar-refractivity contribution >= 4 is 27.8 Å². The van der Waals surface area contributed by atoms with Crippen molar-refractivity contribution in [3.05, 3.63) is 79.9 Å². The largest absolute Gasteiger partial charge is 0.504 e. The highest BCUT2D eigenvalue weighted by Gasteiger charge is 2.10. The summed E-state index contributed by atoms with van der Waals surface area (Å²) < 4.78 is 0.549. The highest BCUT2D eigenvalue weighted by Crippen LogP contribution is 2.18. The number of rotatable bonds is 3. The van der Waals surface area contributed by atoms with Crippen LogP contribution in [-0.2, 0) is 0 Å². The molecule has 3 nitrogen and oxygen atoms in total. The van der Waals surface area contributed by atoms with Crippen LogP contribution in [0.3, 0.4) is 0 Å². The molecule has 0 fully saturated rings. The van der Waals surface area contributed by atoms with E-state index in [1.165, 1.54) is 24.3 Å². The number of hydrogen-bond acceptors (Lipinski definition) is 3. The molecule has 2 rings (SSSR count). The zero-order valence-electron chi connectivity index (χ0n) is 11.3. The Kier molecular flexibility index (Phi) is 4.70. The Labute approximate surface area is 130 Å². The summed E-state index contributed by atoms with van der Waals surface area (Å²) in [6.07, 6.45) is 3.02. The van der Waals surface area contributed by atoms with Gasteiger partial charge in [-0.1, -0.05) is 46.3 Å². The molecule has 106 valence electrons. The maximum Gasteiger partial charge on any atom is 0.220 e. The maximum atomic E-state index is 12.2. The van der Waals surface area contributed by atoms with Crippen molar-refractivity contribution in [3.63, 3.8) is 0 Å². The van der Waals surface area contributed by atoms with Crippen LogP contribution >= 0.6 is 15.9 Å². The van der Waals surface area contributed by atoms with Crippen LogP contribution in [0.15, 0.2) is 57.8 Å². The van der Waals surface area contributed by atoms with Gasteiger partial charge in [0.1, 0.15) is 0 Å². The van der Waals surface area contributed by atoms with Crippen LogP contribution in [0.25, 0.3) is 6.08 Å². The maximum absolute atomic E-state index is 12.2.